The third kappa shape index (κ3) is 13.3. The van der Waals surface area contributed by atoms with Gasteiger partial charge in [0, 0.05) is 26.1 Å². The first-order valence-corrected chi connectivity index (χ1v) is 18.6. The average Bonchev–Trinajstić information content (AvgIpc) is 3.18. The number of primary amides is 1. The van der Waals surface area contributed by atoms with Gasteiger partial charge in [-0.05, 0) is 102 Å². The summed E-state index contributed by atoms with van der Waals surface area (Å²) in [6.45, 7) is 3.43. The monoisotopic (exact) mass is 903 g/mol. The van der Waals surface area contributed by atoms with Crippen LogP contribution in [0.4, 0.5) is 38.8 Å². The summed E-state index contributed by atoms with van der Waals surface area (Å²) in [4.78, 5) is 23.3. The molecule has 6 rings (SSSR count). The van der Waals surface area contributed by atoms with Gasteiger partial charge in [-0.15, -0.1) is 19.6 Å². The third-order valence-electron chi connectivity index (χ3n) is 7.71. The van der Waals surface area contributed by atoms with Gasteiger partial charge in [-0.3, -0.25) is 14.9 Å². The first-order chi connectivity index (χ1) is 27.3. The van der Waals surface area contributed by atoms with Crippen LogP contribution in [0, 0.1) is 19.9 Å². The molecule has 0 aliphatic carbocycles. The summed E-state index contributed by atoms with van der Waals surface area (Å²) < 4.78 is 60.2. The van der Waals surface area contributed by atoms with Crippen LogP contribution in [0.3, 0.4) is 0 Å². The number of azo groups is 2. The van der Waals surface area contributed by atoms with Gasteiger partial charge in [-0.1, -0.05) is 6.07 Å². The fourth-order valence-corrected chi connectivity index (χ4v) is 6.45. The van der Waals surface area contributed by atoms with Gasteiger partial charge in [0.1, 0.15) is 15.8 Å². The molecule has 6 aromatic rings. The van der Waals surface area contributed by atoms with E-state index in [4.69, 9.17) is 5.73 Å². The number of amides is 1. The van der Waals surface area contributed by atoms with Gasteiger partial charge in [0.25, 0.3) is 0 Å². The molecule has 0 spiro atoms. The Morgan fingerprint density at radius 1 is 0.750 bits per heavy atom. The number of anilines is 2. The molecule has 2 aromatic heterocycles. The number of nitrogens with two attached hydrogens (primary N) is 1. The van der Waals surface area contributed by atoms with E-state index in [-0.39, 0.29) is 117 Å². The van der Waals surface area contributed by atoms with Crippen molar-refractivity contribution in [1.82, 2.24) is 15.0 Å². The van der Waals surface area contributed by atoms with Crippen LogP contribution in [0.2, 0.25) is 0 Å². The first-order valence-electron chi connectivity index (χ1n) is 15.7. The number of aryl methyl sites for hydroxylation is 2. The van der Waals surface area contributed by atoms with E-state index in [1.807, 2.05) is 0 Å². The normalized spacial score (nSPS) is 11.3. The molecule has 0 saturated heterocycles. The topological polar surface area (TPSA) is 287 Å². The average molecular weight is 904 g/mol. The molecule has 0 radical (unpaired) electrons. The maximum Gasteiger partial charge on any atom is 1.00 e. The van der Waals surface area contributed by atoms with Gasteiger partial charge in [0.15, 0.2) is 0 Å². The molecule has 27 heteroatoms. The van der Waals surface area contributed by atoms with E-state index >= 15 is 0 Å². The molecule has 0 unspecified atom stereocenters. The van der Waals surface area contributed by atoms with E-state index in [0.29, 0.717) is 73.6 Å². The molecular weight excluding hydrogens is 881 g/mol. The summed E-state index contributed by atoms with van der Waals surface area (Å²) in [5, 5.41) is 48.6. The van der Waals surface area contributed by atoms with Crippen LogP contribution >= 0.6 is 24.1 Å². The Balaban J connectivity index is 0.00000320. The number of hydrogen-bond acceptors (Lipinski definition) is 20. The van der Waals surface area contributed by atoms with Crippen molar-refractivity contribution in [3.8, 4) is 5.95 Å². The Hall–Kier alpha value is -2.93. The zero-order valence-corrected chi connectivity index (χ0v) is 40.4. The zero-order chi connectivity index (χ0) is 40.7. The SMILES string of the molecule is Cc1cc(N=Nc2ccc(Nc3nc(F)nc(-[n+]4ccc(C(N)=O)cc4)n3)c3ccc(SOO[O-])cc23)c(C)cc1N=Nc1cc(SOO[O-])ccc1S(=O)(=O)[O-].[Na+].[Na+].[Na+]. The summed E-state index contributed by atoms with van der Waals surface area (Å²) in [5.41, 5.74) is 7.94. The van der Waals surface area contributed by atoms with Gasteiger partial charge >= 0.3 is 107 Å². The van der Waals surface area contributed by atoms with Crippen molar-refractivity contribution >= 4 is 85.3 Å². The fraction of sp³-hybridized carbons (Fsp3) is 0.0606. The molecular formula is C33H23FN10Na3O10S3+. The Labute approximate surface area is 414 Å². The number of pyridine rings is 1. The number of halogens is 1. The van der Waals surface area contributed by atoms with E-state index in [9.17, 15) is 32.7 Å². The van der Waals surface area contributed by atoms with E-state index in [1.54, 1.807) is 56.3 Å². The van der Waals surface area contributed by atoms with Crippen LogP contribution in [-0.2, 0) is 28.9 Å². The van der Waals surface area contributed by atoms with Crippen molar-refractivity contribution in [1.29, 1.82) is 0 Å². The number of hydrogen-bond donors (Lipinski definition) is 2. The standard InChI is InChI=1S/C33H25FN10O10S3.3Na/c1-17-14-27(42-43-28-16-21(56-54-52-47)4-8-29(28)57(48,49)50)18(2)13-26(17)41-40-25-7-6-24(22-5-3-20(15-23(22)25)55-53-51-46)36-32-37-31(34)38-33(39-32)44-11-9-19(10-12-44)30(35)45;;;/h3-16H,1-2H3,(H5-,35,36,37,38,39,41,43,45,46,47,48,49,50);;;/q;3*+1/p-2. The molecule has 20 nitrogen and oxygen atoms in total. The van der Waals surface area contributed by atoms with Crippen molar-refractivity contribution in [2.24, 2.45) is 26.2 Å². The van der Waals surface area contributed by atoms with Crippen LogP contribution in [0.15, 0.2) is 120 Å². The number of nitrogens with zero attached hydrogens (tertiary/aromatic N) is 8. The van der Waals surface area contributed by atoms with E-state index in [2.05, 4.69) is 59.5 Å². The molecule has 3 N–H and O–H groups in total. The van der Waals surface area contributed by atoms with Gasteiger partial charge in [-0.2, -0.15) is 18.9 Å². The van der Waals surface area contributed by atoms with Gasteiger partial charge in [0.2, 0.25) is 5.91 Å². The smallest absolute Gasteiger partial charge is 0.744 e. The van der Waals surface area contributed by atoms with Crippen LogP contribution < -0.4 is 115 Å². The Morgan fingerprint density at radius 2 is 1.32 bits per heavy atom. The van der Waals surface area contributed by atoms with Gasteiger partial charge < -0.3 is 26.1 Å². The molecule has 0 aliphatic rings. The summed E-state index contributed by atoms with van der Waals surface area (Å²) >= 11 is 1.13. The number of carbonyl (C=O) groups is 1. The summed E-state index contributed by atoms with van der Waals surface area (Å²) in [7, 11) is -4.94. The molecule has 0 fully saturated rings. The molecule has 0 aliphatic heterocycles. The fourth-order valence-electron chi connectivity index (χ4n) is 5.08. The van der Waals surface area contributed by atoms with Crippen molar-refractivity contribution in [3.05, 3.63) is 108 Å². The molecule has 4 aromatic carbocycles. The minimum absolute atomic E-state index is 0. The molecule has 60 heavy (non-hydrogen) atoms. The van der Waals surface area contributed by atoms with Crippen LogP contribution in [0.1, 0.15) is 21.5 Å². The van der Waals surface area contributed by atoms with E-state index in [1.165, 1.54) is 41.2 Å². The second-order valence-corrected chi connectivity index (χ2v) is 14.3. The summed E-state index contributed by atoms with van der Waals surface area (Å²) in [5.74, 6) is -0.880. The van der Waals surface area contributed by atoms with Gasteiger partial charge in [0.05, 0.1) is 64.1 Å². The number of aromatic nitrogens is 4. The molecule has 292 valence electrons. The maximum absolute atomic E-state index is 14.6. The number of nitrogens with one attached hydrogen (secondary N) is 1. The van der Waals surface area contributed by atoms with Crippen LogP contribution in [0.5, 0.6) is 0 Å². The van der Waals surface area contributed by atoms with Gasteiger partial charge in [-0.25, -0.2) is 13.0 Å². The second-order valence-electron chi connectivity index (χ2n) is 11.4. The minimum Gasteiger partial charge on any atom is -0.744 e. The second kappa shape index (κ2) is 23.5. The molecule has 0 atom stereocenters. The van der Waals surface area contributed by atoms with E-state index < -0.39 is 27.0 Å². The Morgan fingerprint density at radius 3 is 1.90 bits per heavy atom. The van der Waals surface area contributed by atoms with Crippen molar-refractivity contribution in [2.75, 3.05) is 5.32 Å². The molecule has 0 bridgehead atoms. The third-order valence-corrected chi connectivity index (χ3v) is 9.74. The number of carbonyl (C=O) groups excluding carboxylic acids is 1. The molecule has 0 saturated carbocycles. The molecule has 1 amide bonds. The quantitative estimate of drug-likeness (QED) is 0.0190. The summed E-state index contributed by atoms with van der Waals surface area (Å²) in [6.07, 6.45) is 1.80. The van der Waals surface area contributed by atoms with Crippen molar-refractivity contribution in [3.63, 3.8) is 0 Å². The maximum atomic E-state index is 14.6. The largest absolute Gasteiger partial charge is 1.00 e. The molecule has 2 heterocycles. The predicted molar refractivity (Wildman–Crippen MR) is 192 cm³/mol. The van der Waals surface area contributed by atoms with Crippen LogP contribution in [0.25, 0.3) is 16.7 Å². The minimum atomic E-state index is -4.94. The zero-order valence-electron chi connectivity index (χ0n) is 31.9. The van der Waals surface area contributed by atoms with Crippen molar-refractivity contribution < 1.29 is 145 Å². The Kier molecular flexibility index (Phi) is 20.1. The van der Waals surface area contributed by atoms with Crippen LogP contribution in [-0.4, -0.2) is 33.8 Å². The first kappa shape index (κ1) is 51.4. The van der Waals surface area contributed by atoms with E-state index in [0.717, 1.165) is 6.07 Å². The number of fused-ring (bicyclic) bond motifs is 1. The van der Waals surface area contributed by atoms with Crippen molar-refractivity contribution in [2.45, 2.75) is 28.5 Å². The number of rotatable bonds is 15. The predicted octanol–water partition coefficient (Wildman–Crippen LogP) is -3.89. The number of benzene rings is 4. The Bertz CT molecular complexity index is 2680. The summed E-state index contributed by atoms with van der Waals surface area (Å²) in [6, 6.07) is 17.8.